The van der Waals surface area contributed by atoms with Crippen LogP contribution in [0.2, 0.25) is 0 Å². The van der Waals surface area contributed by atoms with E-state index in [1.54, 1.807) is 18.2 Å². The topological polar surface area (TPSA) is 87.7 Å². The number of sulfonamides is 1. The molecule has 0 amide bonds. The fraction of sp³-hybridized carbons (Fsp3) is 0.538. The fourth-order valence-corrected chi connectivity index (χ4v) is 3.00. The van der Waals surface area contributed by atoms with Crippen molar-refractivity contribution >= 4 is 15.7 Å². The predicted octanol–water partition coefficient (Wildman–Crippen LogP) is 0.794. The molecule has 1 aromatic rings. The highest BCUT2D eigenvalue weighted by molar-refractivity contribution is 7.89. The van der Waals surface area contributed by atoms with Crippen molar-refractivity contribution in [2.45, 2.75) is 24.3 Å². The van der Waals surface area contributed by atoms with Gasteiger partial charge in [0.2, 0.25) is 10.0 Å². The lowest BCUT2D eigenvalue weighted by Crippen LogP contribution is -2.31. The average molecular weight is 302 g/mol. The van der Waals surface area contributed by atoms with Crippen molar-refractivity contribution in [1.29, 1.82) is 0 Å². The number of rotatable bonds is 9. The van der Waals surface area contributed by atoms with Crippen LogP contribution in [0.25, 0.3) is 0 Å². The zero-order valence-corrected chi connectivity index (χ0v) is 12.6. The molecule has 0 fully saturated rings. The Bertz CT molecular complexity index is 505. The predicted molar refractivity (Wildman–Crippen MR) is 78.3 cm³/mol. The third kappa shape index (κ3) is 4.75. The number of ether oxygens (including phenoxy) is 1. The summed E-state index contributed by atoms with van der Waals surface area (Å²) in [4.78, 5) is 0.169. The molecule has 3 N–H and O–H groups in total. The molecule has 0 radical (unpaired) electrons. The molecular weight excluding hydrogens is 280 g/mol. The minimum Gasteiger partial charge on any atom is -0.394 e. The van der Waals surface area contributed by atoms with Gasteiger partial charge >= 0.3 is 0 Å². The number of hydrogen-bond acceptors (Lipinski definition) is 5. The Morgan fingerprint density at radius 3 is 2.65 bits per heavy atom. The van der Waals surface area contributed by atoms with E-state index in [1.807, 2.05) is 6.92 Å². The van der Waals surface area contributed by atoms with Crippen molar-refractivity contribution in [1.82, 2.24) is 4.72 Å². The Morgan fingerprint density at radius 1 is 1.35 bits per heavy atom. The van der Waals surface area contributed by atoms with Crippen LogP contribution in [0, 0.1) is 0 Å². The van der Waals surface area contributed by atoms with E-state index >= 15 is 0 Å². The SMILES string of the molecule is CCCNS(=O)(=O)c1ccccc1NC(CO)COC. The van der Waals surface area contributed by atoms with Gasteiger partial charge in [-0.3, -0.25) is 0 Å². The standard InChI is InChI=1S/C13H22N2O4S/c1-3-8-14-20(17,18)13-7-5-4-6-12(13)15-11(9-16)10-19-2/h4-7,11,14-16H,3,8-10H2,1-2H3. The lowest BCUT2D eigenvalue weighted by molar-refractivity contribution is 0.153. The normalized spacial score (nSPS) is 13.2. The Labute approximate surface area is 120 Å². The molecule has 6 nitrogen and oxygen atoms in total. The molecular formula is C13H22N2O4S. The quantitative estimate of drug-likeness (QED) is 0.628. The number of anilines is 1. The van der Waals surface area contributed by atoms with Crippen LogP contribution >= 0.6 is 0 Å². The van der Waals surface area contributed by atoms with Crippen molar-refractivity contribution in [3.8, 4) is 0 Å². The van der Waals surface area contributed by atoms with E-state index in [4.69, 9.17) is 4.74 Å². The highest BCUT2D eigenvalue weighted by atomic mass is 32.2. The highest BCUT2D eigenvalue weighted by Crippen LogP contribution is 2.21. The van der Waals surface area contributed by atoms with Gasteiger partial charge in [-0.1, -0.05) is 19.1 Å². The molecule has 1 aromatic carbocycles. The molecule has 1 atom stereocenters. The zero-order valence-electron chi connectivity index (χ0n) is 11.8. The number of nitrogens with one attached hydrogen (secondary N) is 2. The molecule has 0 aliphatic heterocycles. The van der Waals surface area contributed by atoms with E-state index in [0.717, 1.165) is 6.42 Å². The zero-order chi connectivity index (χ0) is 15.0. The summed E-state index contributed by atoms with van der Waals surface area (Å²) in [5.41, 5.74) is 0.451. The first-order valence-electron chi connectivity index (χ1n) is 6.50. The largest absolute Gasteiger partial charge is 0.394 e. The van der Waals surface area contributed by atoms with E-state index in [0.29, 0.717) is 12.2 Å². The van der Waals surface area contributed by atoms with Crippen molar-refractivity contribution < 1.29 is 18.3 Å². The van der Waals surface area contributed by atoms with Gasteiger partial charge < -0.3 is 15.2 Å². The molecule has 114 valence electrons. The van der Waals surface area contributed by atoms with Crippen LogP contribution in [-0.4, -0.2) is 46.4 Å². The first-order valence-corrected chi connectivity index (χ1v) is 7.98. The summed E-state index contributed by atoms with van der Waals surface area (Å²) in [6, 6.07) is 6.24. The fourth-order valence-electron chi connectivity index (χ4n) is 1.70. The van der Waals surface area contributed by atoms with E-state index < -0.39 is 10.0 Å². The Hall–Kier alpha value is -1.15. The Kier molecular flexibility index (Phi) is 6.94. The van der Waals surface area contributed by atoms with E-state index in [2.05, 4.69) is 10.0 Å². The van der Waals surface area contributed by atoms with Gasteiger partial charge in [0.05, 0.1) is 24.9 Å². The molecule has 0 heterocycles. The first-order chi connectivity index (χ1) is 9.55. The van der Waals surface area contributed by atoms with Gasteiger partial charge in [-0.15, -0.1) is 0 Å². The lowest BCUT2D eigenvalue weighted by Gasteiger charge is -2.19. The van der Waals surface area contributed by atoms with Crippen LogP contribution in [0.5, 0.6) is 0 Å². The third-order valence-corrected chi connectivity index (χ3v) is 4.19. The molecule has 0 aromatic heterocycles. The van der Waals surface area contributed by atoms with Gasteiger partial charge in [-0.05, 0) is 18.6 Å². The van der Waals surface area contributed by atoms with Crippen LogP contribution < -0.4 is 10.0 Å². The van der Waals surface area contributed by atoms with E-state index in [1.165, 1.54) is 13.2 Å². The summed E-state index contributed by atoms with van der Waals surface area (Å²) in [7, 11) is -2.03. The molecule has 1 rings (SSSR count). The number of aliphatic hydroxyl groups excluding tert-OH is 1. The maximum absolute atomic E-state index is 12.2. The number of aliphatic hydroxyl groups is 1. The summed E-state index contributed by atoms with van der Waals surface area (Å²) < 4.78 is 31.9. The molecule has 0 saturated carbocycles. The smallest absolute Gasteiger partial charge is 0.242 e. The molecule has 0 bridgehead atoms. The molecule has 7 heteroatoms. The van der Waals surface area contributed by atoms with Crippen molar-refractivity contribution in [2.24, 2.45) is 0 Å². The van der Waals surface area contributed by atoms with Gasteiger partial charge in [-0.25, -0.2) is 13.1 Å². The maximum Gasteiger partial charge on any atom is 0.242 e. The molecule has 0 aliphatic carbocycles. The summed E-state index contributed by atoms with van der Waals surface area (Å²) in [6.45, 7) is 2.42. The molecule has 0 spiro atoms. The van der Waals surface area contributed by atoms with Crippen molar-refractivity contribution in [3.63, 3.8) is 0 Å². The van der Waals surface area contributed by atoms with Crippen LogP contribution in [0.3, 0.4) is 0 Å². The number of benzene rings is 1. The molecule has 0 aliphatic rings. The molecule has 1 unspecified atom stereocenters. The summed E-state index contributed by atoms with van der Waals surface area (Å²) >= 11 is 0. The van der Waals surface area contributed by atoms with Gasteiger partial charge in [0, 0.05) is 13.7 Å². The lowest BCUT2D eigenvalue weighted by atomic mass is 10.2. The Balaban J connectivity index is 2.98. The summed E-state index contributed by atoms with van der Waals surface area (Å²) in [5, 5.41) is 12.2. The second kappa shape index (κ2) is 8.21. The molecule has 0 saturated heterocycles. The number of para-hydroxylation sites is 1. The maximum atomic E-state index is 12.2. The number of methoxy groups -OCH3 is 1. The van der Waals surface area contributed by atoms with Crippen LogP contribution in [0.1, 0.15) is 13.3 Å². The van der Waals surface area contributed by atoms with Gasteiger partial charge in [0.25, 0.3) is 0 Å². The van der Waals surface area contributed by atoms with Crippen molar-refractivity contribution in [3.05, 3.63) is 24.3 Å². The minimum atomic E-state index is -3.56. The summed E-state index contributed by atoms with van der Waals surface area (Å²) in [6.07, 6.45) is 0.720. The third-order valence-electron chi connectivity index (χ3n) is 2.67. The summed E-state index contributed by atoms with van der Waals surface area (Å²) in [5.74, 6) is 0. The second-order valence-corrected chi connectivity index (χ2v) is 6.11. The number of hydrogen-bond donors (Lipinski definition) is 3. The van der Waals surface area contributed by atoms with Gasteiger partial charge in [0.15, 0.2) is 0 Å². The van der Waals surface area contributed by atoms with E-state index in [-0.39, 0.29) is 24.2 Å². The minimum absolute atomic E-state index is 0.148. The monoisotopic (exact) mass is 302 g/mol. The van der Waals surface area contributed by atoms with Gasteiger partial charge in [-0.2, -0.15) is 0 Å². The van der Waals surface area contributed by atoms with Gasteiger partial charge in [0.1, 0.15) is 4.90 Å². The highest BCUT2D eigenvalue weighted by Gasteiger charge is 2.19. The van der Waals surface area contributed by atoms with Crippen LogP contribution in [0.4, 0.5) is 5.69 Å². The van der Waals surface area contributed by atoms with Crippen molar-refractivity contribution in [2.75, 3.05) is 32.2 Å². The first kappa shape index (κ1) is 16.9. The molecule has 20 heavy (non-hydrogen) atoms. The second-order valence-electron chi connectivity index (χ2n) is 4.37. The Morgan fingerprint density at radius 2 is 2.05 bits per heavy atom. The van der Waals surface area contributed by atoms with Crippen LogP contribution in [0.15, 0.2) is 29.2 Å². The van der Waals surface area contributed by atoms with Crippen LogP contribution in [-0.2, 0) is 14.8 Å². The van der Waals surface area contributed by atoms with E-state index in [9.17, 15) is 13.5 Å². The average Bonchev–Trinajstić information content (AvgIpc) is 2.45.